The number of carbonyl (C=O) groups excluding carboxylic acids is 1. The normalized spacial score (nSPS) is 23.8. The van der Waals surface area contributed by atoms with Crippen LogP contribution in [0.1, 0.15) is 65.7 Å². The predicted octanol–water partition coefficient (Wildman–Crippen LogP) is 6.01. The van der Waals surface area contributed by atoms with E-state index in [0.717, 1.165) is 11.1 Å². The van der Waals surface area contributed by atoms with E-state index >= 15 is 0 Å². The summed E-state index contributed by atoms with van der Waals surface area (Å²) in [4.78, 5) is 15.8. The van der Waals surface area contributed by atoms with Crippen molar-refractivity contribution < 1.29 is 19.7 Å². The van der Waals surface area contributed by atoms with Crippen molar-refractivity contribution in [2.75, 3.05) is 0 Å². The fourth-order valence-corrected chi connectivity index (χ4v) is 5.49. The van der Waals surface area contributed by atoms with Gasteiger partial charge in [0.25, 0.3) is 5.91 Å². The molecule has 2 N–H and O–H groups in total. The Bertz CT molecular complexity index is 1270. The van der Waals surface area contributed by atoms with Crippen LogP contribution in [-0.4, -0.2) is 33.2 Å². The average molecular weight is 526 g/mol. The number of amides is 1. The zero-order chi connectivity index (χ0) is 25.7. The van der Waals surface area contributed by atoms with Crippen LogP contribution in [0.3, 0.4) is 0 Å². The van der Waals surface area contributed by atoms with E-state index in [2.05, 4.69) is 0 Å². The van der Waals surface area contributed by atoms with Gasteiger partial charge in [-0.15, -0.1) is 0 Å². The number of fused-ring (bicyclic) bond motifs is 1. The minimum Gasteiger partial charge on any atom is -0.393 e. The van der Waals surface area contributed by atoms with E-state index in [-0.39, 0.29) is 18.6 Å². The van der Waals surface area contributed by atoms with Crippen molar-refractivity contribution in [2.24, 2.45) is 0 Å². The third kappa shape index (κ3) is 4.55. The van der Waals surface area contributed by atoms with Crippen molar-refractivity contribution in [3.8, 4) is 0 Å². The zero-order valence-electron chi connectivity index (χ0n) is 20.2. The second-order valence-corrected chi connectivity index (χ2v) is 11.1. The number of halogens is 2. The summed E-state index contributed by atoms with van der Waals surface area (Å²) >= 11 is 12.4. The number of benzene rings is 3. The molecule has 3 aromatic carbocycles. The van der Waals surface area contributed by atoms with Crippen LogP contribution in [0.25, 0.3) is 0 Å². The largest absolute Gasteiger partial charge is 0.393 e. The molecule has 0 bridgehead atoms. The van der Waals surface area contributed by atoms with E-state index in [4.69, 9.17) is 27.9 Å². The molecule has 3 atom stereocenters. The number of hydrogen-bond donors (Lipinski definition) is 2. The first-order valence-electron chi connectivity index (χ1n) is 12.1. The smallest absolute Gasteiger partial charge is 0.257 e. The molecule has 2 aliphatic rings. The highest BCUT2D eigenvalue weighted by Crippen LogP contribution is 2.49. The van der Waals surface area contributed by atoms with Gasteiger partial charge in [0.15, 0.2) is 5.72 Å². The number of aliphatic hydroxyl groups is 2. The van der Waals surface area contributed by atoms with Crippen molar-refractivity contribution >= 4 is 29.1 Å². The quantitative estimate of drug-likeness (QED) is 0.413. The van der Waals surface area contributed by atoms with E-state index in [0.29, 0.717) is 46.0 Å². The summed E-state index contributed by atoms with van der Waals surface area (Å²) < 4.78 is 6.90. The molecule has 0 radical (unpaired) electrons. The Labute approximate surface area is 221 Å². The van der Waals surface area contributed by atoms with Crippen molar-refractivity contribution in [1.29, 1.82) is 0 Å². The molecule has 188 valence electrons. The van der Waals surface area contributed by atoms with Crippen LogP contribution >= 0.6 is 23.2 Å². The second kappa shape index (κ2) is 9.47. The summed E-state index contributed by atoms with van der Waals surface area (Å²) in [5, 5.41) is 22.1. The van der Waals surface area contributed by atoms with Gasteiger partial charge in [-0.05, 0) is 74.6 Å². The van der Waals surface area contributed by atoms with Crippen LogP contribution in [0.2, 0.25) is 10.0 Å². The van der Waals surface area contributed by atoms with Crippen LogP contribution in [0, 0.1) is 0 Å². The van der Waals surface area contributed by atoms with Crippen molar-refractivity contribution in [1.82, 2.24) is 4.90 Å². The van der Waals surface area contributed by atoms with Gasteiger partial charge in [0.1, 0.15) is 0 Å². The third-order valence-electron chi connectivity index (χ3n) is 7.13. The maximum Gasteiger partial charge on any atom is 0.257 e. The molecule has 1 aliphatic carbocycles. The molecule has 5 nitrogen and oxygen atoms in total. The van der Waals surface area contributed by atoms with Crippen LogP contribution in [0.4, 0.5) is 0 Å². The summed E-state index contributed by atoms with van der Waals surface area (Å²) in [5.41, 5.74) is 1.16. The monoisotopic (exact) mass is 525 g/mol. The Kier molecular flexibility index (Phi) is 6.64. The molecule has 1 amide bonds. The molecule has 5 rings (SSSR count). The van der Waals surface area contributed by atoms with E-state index < -0.39 is 17.4 Å². The molecular weight excluding hydrogens is 497 g/mol. The number of aliphatic hydroxyl groups excluding tert-OH is 1. The topological polar surface area (TPSA) is 70.0 Å². The molecular formula is C29H29Cl2NO4. The van der Waals surface area contributed by atoms with Crippen LogP contribution < -0.4 is 0 Å². The molecule has 3 aromatic rings. The molecule has 1 saturated carbocycles. The highest BCUT2D eigenvalue weighted by Gasteiger charge is 2.54. The SMILES string of the molecule is CC(C)(O)c1ccc2c(c1)C(=O)N(Cc1ccc(Cl)cc1)[C@@]2(O[C@@H]1CC[C@H](O)C1)c1ccc(Cl)cc1. The molecule has 36 heavy (non-hydrogen) atoms. The molecule has 7 heteroatoms. The number of rotatable bonds is 6. The second-order valence-electron chi connectivity index (χ2n) is 10.2. The van der Waals surface area contributed by atoms with Gasteiger partial charge in [0.05, 0.1) is 17.8 Å². The third-order valence-corrected chi connectivity index (χ3v) is 7.63. The lowest BCUT2D eigenvalue weighted by atomic mass is 9.89. The van der Waals surface area contributed by atoms with E-state index in [1.54, 1.807) is 49.1 Å². The fourth-order valence-electron chi connectivity index (χ4n) is 5.23. The van der Waals surface area contributed by atoms with E-state index in [9.17, 15) is 15.0 Å². The lowest BCUT2D eigenvalue weighted by molar-refractivity contribution is -0.147. The lowest BCUT2D eigenvalue weighted by Gasteiger charge is -2.41. The fraction of sp³-hybridized carbons (Fsp3) is 0.345. The Hall–Kier alpha value is -2.41. The van der Waals surface area contributed by atoms with Gasteiger partial charge in [-0.25, -0.2) is 0 Å². The van der Waals surface area contributed by atoms with Gasteiger partial charge >= 0.3 is 0 Å². The van der Waals surface area contributed by atoms with Crippen molar-refractivity contribution in [3.63, 3.8) is 0 Å². The zero-order valence-corrected chi connectivity index (χ0v) is 21.8. The van der Waals surface area contributed by atoms with Crippen LogP contribution in [0.5, 0.6) is 0 Å². The molecule has 1 fully saturated rings. The number of carbonyl (C=O) groups is 1. The van der Waals surface area contributed by atoms with Gasteiger partial charge < -0.3 is 14.9 Å². The minimum atomic E-state index is -1.23. The summed E-state index contributed by atoms with van der Waals surface area (Å²) in [6.07, 6.45) is 1.16. The van der Waals surface area contributed by atoms with Crippen LogP contribution in [0.15, 0.2) is 66.7 Å². The summed E-state index contributed by atoms with van der Waals surface area (Å²) in [7, 11) is 0. The Morgan fingerprint density at radius 1 is 1.00 bits per heavy atom. The number of ether oxygens (including phenoxy) is 1. The molecule has 0 aromatic heterocycles. The van der Waals surface area contributed by atoms with E-state index in [1.165, 1.54) is 0 Å². The summed E-state index contributed by atoms with van der Waals surface area (Å²) in [6, 6.07) is 20.2. The van der Waals surface area contributed by atoms with E-state index in [1.807, 2.05) is 36.4 Å². The molecule has 1 aliphatic heterocycles. The summed E-state index contributed by atoms with van der Waals surface area (Å²) in [5.74, 6) is -0.195. The van der Waals surface area contributed by atoms with Crippen molar-refractivity contribution in [2.45, 2.75) is 63.2 Å². The Balaban J connectivity index is 1.71. The highest BCUT2D eigenvalue weighted by molar-refractivity contribution is 6.30. The highest BCUT2D eigenvalue weighted by atomic mass is 35.5. The number of hydrogen-bond acceptors (Lipinski definition) is 4. The molecule has 1 heterocycles. The van der Waals surface area contributed by atoms with Crippen molar-refractivity contribution in [3.05, 3.63) is 105 Å². The average Bonchev–Trinajstić information content (AvgIpc) is 3.35. The van der Waals surface area contributed by atoms with Gasteiger partial charge in [-0.3, -0.25) is 9.69 Å². The first-order chi connectivity index (χ1) is 17.1. The predicted molar refractivity (Wildman–Crippen MR) is 140 cm³/mol. The van der Waals surface area contributed by atoms with Gasteiger partial charge in [0, 0.05) is 33.3 Å². The molecule has 0 unspecified atom stereocenters. The lowest BCUT2D eigenvalue weighted by Crippen LogP contribution is -2.48. The standard InChI is InChI=1S/C29H29Cl2NO4/c1-28(2,35)20-7-14-26-25(15-20)27(34)32(17-18-3-8-21(30)9-4-18)29(26,19-5-10-22(31)11-6-19)36-24-13-12-23(33)16-24/h3-11,14-15,23-24,33,35H,12-13,16-17H2,1-2H3/t23-,24+,29+/m0/s1. The molecule has 0 saturated heterocycles. The first kappa shape index (κ1) is 25.2. The number of nitrogens with zero attached hydrogens (tertiary/aromatic N) is 1. The Morgan fingerprint density at radius 2 is 1.64 bits per heavy atom. The maximum absolute atomic E-state index is 14.1. The van der Waals surface area contributed by atoms with Gasteiger partial charge in [-0.2, -0.15) is 0 Å². The van der Waals surface area contributed by atoms with Gasteiger partial charge in [-0.1, -0.05) is 59.6 Å². The molecule has 0 spiro atoms. The van der Waals surface area contributed by atoms with Gasteiger partial charge in [0.2, 0.25) is 0 Å². The first-order valence-corrected chi connectivity index (χ1v) is 12.9. The summed E-state index contributed by atoms with van der Waals surface area (Å²) in [6.45, 7) is 3.67. The minimum absolute atomic E-state index is 0.195. The Morgan fingerprint density at radius 3 is 2.22 bits per heavy atom. The van der Waals surface area contributed by atoms with Crippen LogP contribution in [-0.2, 0) is 22.6 Å². The maximum atomic E-state index is 14.1.